The number of rotatable bonds is 6. The summed E-state index contributed by atoms with van der Waals surface area (Å²) in [5.74, 6) is -0.490. The second kappa shape index (κ2) is 7.95. The smallest absolute Gasteiger partial charge is 0.267 e. The monoisotopic (exact) mass is 349 g/mol. The molecule has 1 saturated heterocycles. The van der Waals surface area contributed by atoms with Crippen LogP contribution in [0.25, 0.3) is 10.9 Å². The van der Waals surface area contributed by atoms with Crippen LogP contribution in [0.4, 0.5) is 4.39 Å². The highest BCUT2D eigenvalue weighted by Gasteiger charge is 2.23. The van der Waals surface area contributed by atoms with E-state index in [0.29, 0.717) is 24.2 Å². The number of amides is 1. The maximum atomic E-state index is 13.3. The van der Waals surface area contributed by atoms with Crippen molar-refractivity contribution in [2.24, 2.45) is 0 Å². The number of nitrogens with zero attached hydrogens (tertiary/aromatic N) is 1. The van der Waals surface area contributed by atoms with Crippen LogP contribution in [0.5, 0.6) is 0 Å². The van der Waals surface area contributed by atoms with Crippen molar-refractivity contribution in [2.45, 2.75) is 25.0 Å². The van der Waals surface area contributed by atoms with Crippen molar-refractivity contribution in [3.63, 3.8) is 0 Å². The van der Waals surface area contributed by atoms with E-state index >= 15 is 0 Å². The molecule has 1 unspecified atom stereocenters. The van der Waals surface area contributed by atoms with Gasteiger partial charge in [-0.05, 0) is 37.1 Å². The number of carbonyl (C=O) groups excluding carboxylic acids is 1. The number of ether oxygens (including phenoxy) is 1. The zero-order valence-electron chi connectivity index (χ0n) is 14.3. The number of hydrogen-bond acceptors (Lipinski definition) is 4. The summed E-state index contributed by atoms with van der Waals surface area (Å²) < 4.78 is 18.2. The van der Waals surface area contributed by atoms with E-state index in [2.05, 4.69) is 15.2 Å². The number of aliphatic hydroxyl groups excluding tert-OH is 1. The lowest BCUT2D eigenvalue weighted by Gasteiger charge is -2.33. The van der Waals surface area contributed by atoms with Crippen LogP contribution in [0.15, 0.2) is 24.3 Å². The topological polar surface area (TPSA) is 77.6 Å². The van der Waals surface area contributed by atoms with Crippen LogP contribution in [0.2, 0.25) is 0 Å². The van der Waals surface area contributed by atoms with Gasteiger partial charge >= 0.3 is 0 Å². The van der Waals surface area contributed by atoms with Crippen LogP contribution >= 0.6 is 0 Å². The summed E-state index contributed by atoms with van der Waals surface area (Å²) in [4.78, 5) is 17.6. The Balaban J connectivity index is 1.52. The quantitative estimate of drug-likeness (QED) is 0.739. The third-order valence-electron chi connectivity index (χ3n) is 4.58. The molecular formula is C18H24FN3O3. The average Bonchev–Trinajstić information content (AvgIpc) is 3.00. The predicted octanol–water partition coefficient (Wildman–Crippen LogP) is 1.51. The number of carbonyl (C=O) groups is 1. The Labute approximate surface area is 146 Å². The van der Waals surface area contributed by atoms with Gasteiger partial charge < -0.3 is 25.0 Å². The lowest BCUT2D eigenvalue weighted by molar-refractivity contribution is 0.0309. The van der Waals surface area contributed by atoms with E-state index in [-0.39, 0.29) is 17.8 Å². The number of H-pyrrole nitrogens is 1. The van der Waals surface area contributed by atoms with Crippen molar-refractivity contribution in [3.05, 3.63) is 35.8 Å². The molecule has 2 aromatic rings. The molecule has 0 spiro atoms. The molecule has 1 aromatic carbocycles. The zero-order chi connectivity index (χ0) is 17.8. The number of benzene rings is 1. The third-order valence-corrected chi connectivity index (χ3v) is 4.58. The SMILES string of the molecule is COCC(O)CN1CCC(NC(=O)c2cc3cc(F)ccc3[nH]2)CC1. The lowest BCUT2D eigenvalue weighted by Crippen LogP contribution is -2.47. The number of fused-ring (bicyclic) bond motifs is 1. The molecular weight excluding hydrogens is 325 g/mol. The lowest BCUT2D eigenvalue weighted by atomic mass is 10.0. The van der Waals surface area contributed by atoms with Crippen molar-refractivity contribution in [1.29, 1.82) is 0 Å². The average molecular weight is 349 g/mol. The Kier molecular flexibility index (Phi) is 5.67. The fourth-order valence-corrected chi connectivity index (χ4v) is 3.29. The van der Waals surface area contributed by atoms with Gasteiger partial charge in [-0.3, -0.25) is 4.79 Å². The maximum Gasteiger partial charge on any atom is 0.267 e. The molecule has 2 heterocycles. The number of likely N-dealkylation sites (tertiary alicyclic amines) is 1. The van der Waals surface area contributed by atoms with E-state index < -0.39 is 6.10 Å². The fraction of sp³-hybridized carbons (Fsp3) is 0.500. The van der Waals surface area contributed by atoms with Crippen LogP contribution < -0.4 is 5.32 Å². The summed E-state index contributed by atoms with van der Waals surface area (Å²) in [5.41, 5.74) is 1.19. The fourth-order valence-electron chi connectivity index (χ4n) is 3.29. The minimum Gasteiger partial charge on any atom is -0.389 e. The minimum absolute atomic E-state index is 0.103. The molecule has 25 heavy (non-hydrogen) atoms. The second-order valence-corrected chi connectivity index (χ2v) is 6.57. The molecule has 1 atom stereocenters. The maximum absolute atomic E-state index is 13.3. The number of piperidine rings is 1. The zero-order valence-corrected chi connectivity index (χ0v) is 14.3. The van der Waals surface area contributed by atoms with E-state index in [1.807, 2.05) is 0 Å². The highest BCUT2D eigenvalue weighted by Crippen LogP contribution is 2.17. The Morgan fingerprint density at radius 3 is 2.92 bits per heavy atom. The Morgan fingerprint density at radius 1 is 1.44 bits per heavy atom. The van der Waals surface area contributed by atoms with E-state index in [1.165, 1.54) is 12.1 Å². The molecule has 1 aliphatic rings. The van der Waals surface area contributed by atoms with Gasteiger partial charge in [-0.1, -0.05) is 0 Å². The van der Waals surface area contributed by atoms with E-state index in [0.717, 1.165) is 31.4 Å². The first kappa shape index (κ1) is 17.8. The summed E-state index contributed by atoms with van der Waals surface area (Å²) in [6.07, 6.45) is 1.18. The van der Waals surface area contributed by atoms with Crippen LogP contribution in [0.1, 0.15) is 23.3 Å². The number of β-amino-alcohol motifs (C(OH)–C–C–N with tert-alkyl or cyclic N) is 1. The summed E-state index contributed by atoms with van der Waals surface area (Å²) in [5, 5.41) is 13.5. The molecule has 136 valence electrons. The first-order chi connectivity index (χ1) is 12.0. The molecule has 0 bridgehead atoms. The van der Waals surface area contributed by atoms with Gasteiger partial charge in [-0.25, -0.2) is 4.39 Å². The second-order valence-electron chi connectivity index (χ2n) is 6.57. The summed E-state index contributed by atoms with van der Waals surface area (Å²) in [6, 6.07) is 6.18. The van der Waals surface area contributed by atoms with Gasteiger partial charge in [0.1, 0.15) is 11.5 Å². The summed E-state index contributed by atoms with van der Waals surface area (Å²) in [6.45, 7) is 2.56. The number of methoxy groups -OCH3 is 1. The highest BCUT2D eigenvalue weighted by molar-refractivity contribution is 5.98. The first-order valence-corrected chi connectivity index (χ1v) is 8.53. The largest absolute Gasteiger partial charge is 0.389 e. The standard InChI is InChI=1S/C18H24FN3O3/c1-25-11-15(23)10-22-6-4-14(5-7-22)20-18(24)17-9-12-8-13(19)2-3-16(12)21-17/h2-3,8-9,14-15,21,23H,4-7,10-11H2,1H3,(H,20,24). The molecule has 1 aliphatic heterocycles. The van der Waals surface area contributed by atoms with Gasteiger partial charge in [0.05, 0.1) is 12.7 Å². The predicted molar refractivity (Wildman–Crippen MR) is 93.1 cm³/mol. The number of hydrogen-bond donors (Lipinski definition) is 3. The van der Waals surface area contributed by atoms with Crippen LogP contribution in [-0.2, 0) is 4.74 Å². The van der Waals surface area contributed by atoms with Gasteiger partial charge in [-0.15, -0.1) is 0 Å². The molecule has 6 nitrogen and oxygen atoms in total. The molecule has 1 fully saturated rings. The number of nitrogens with one attached hydrogen (secondary N) is 2. The van der Waals surface area contributed by atoms with Gasteiger partial charge in [0.25, 0.3) is 5.91 Å². The molecule has 0 saturated carbocycles. The number of aromatic nitrogens is 1. The van der Waals surface area contributed by atoms with E-state index in [4.69, 9.17) is 4.74 Å². The van der Waals surface area contributed by atoms with Gasteiger partial charge in [0, 0.05) is 43.7 Å². The number of aliphatic hydroxyl groups is 1. The molecule has 3 rings (SSSR count). The van der Waals surface area contributed by atoms with Gasteiger partial charge in [-0.2, -0.15) is 0 Å². The normalized spacial score (nSPS) is 17.7. The highest BCUT2D eigenvalue weighted by atomic mass is 19.1. The Morgan fingerprint density at radius 2 is 2.20 bits per heavy atom. The van der Waals surface area contributed by atoms with Crippen molar-refractivity contribution in [2.75, 3.05) is 33.4 Å². The molecule has 3 N–H and O–H groups in total. The Hall–Kier alpha value is -1.96. The molecule has 1 amide bonds. The van der Waals surface area contributed by atoms with Gasteiger partial charge in [0.2, 0.25) is 0 Å². The Bertz CT molecular complexity index is 725. The third kappa shape index (κ3) is 4.56. The number of halogens is 1. The van der Waals surface area contributed by atoms with Crippen LogP contribution in [0, 0.1) is 5.82 Å². The van der Waals surface area contributed by atoms with E-state index in [9.17, 15) is 14.3 Å². The molecule has 7 heteroatoms. The molecule has 0 aliphatic carbocycles. The van der Waals surface area contributed by atoms with Crippen molar-refractivity contribution in [1.82, 2.24) is 15.2 Å². The van der Waals surface area contributed by atoms with Crippen LogP contribution in [-0.4, -0.2) is 66.4 Å². The molecule has 1 aromatic heterocycles. The summed E-state index contributed by atoms with van der Waals surface area (Å²) >= 11 is 0. The number of aromatic amines is 1. The summed E-state index contributed by atoms with van der Waals surface area (Å²) in [7, 11) is 1.57. The van der Waals surface area contributed by atoms with Crippen LogP contribution in [0.3, 0.4) is 0 Å². The molecule has 0 radical (unpaired) electrons. The minimum atomic E-state index is -0.483. The van der Waals surface area contributed by atoms with E-state index in [1.54, 1.807) is 19.2 Å². The van der Waals surface area contributed by atoms with Gasteiger partial charge in [0.15, 0.2) is 0 Å². The van der Waals surface area contributed by atoms with Crippen molar-refractivity contribution in [3.8, 4) is 0 Å². The first-order valence-electron chi connectivity index (χ1n) is 8.53. The van der Waals surface area contributed by atoms with Crippen molar-refractivity contribution >= 4 is 16.8 Å². The van der Waals surface area contributed by atoms with Crippen molar-refractivity contribution < 1.29 is 19.0 Å².